The largest absolute Gasteiger partial charge is 0.550 e. The first-order chi connectivity index (χ1) is 13.3. The van der Waals surface area contributed by atoms with Crippen molar-refractivity contribution in [2.45, 2.75) is 105 Å². The van der Waals surface area contributed by atoms with Crippen LogP contribution in [0.3, 0.4) is 0 Å². The molecule has 0 bridgehead atoms. The Morgan fingerprint density at radius 1 is 0.893 bits per heavy atom. The average molecular weight is 393 g/mol. The lowest BCUT2D eigenvalue weighted by atomic mass is 9.52. The Bertz CT molecular complexity index is 527. The van der Waals surface area contributed by atoms with E-state index in [1.54, 1.807) is 6.08 Å². The zero-order chi connectivity index (χ0) is 21.2. The molecule has 4 heteroatoms. The van der Waals surface area contributed by atoms with Crippen molar-refractivity contribution in [2.24, 2.45) is 22.7 Å². The van der Waals surface area contributed by atoms with Gasteiger partial charge in [0.15, 0.2) is 0 Å². The standard InChI is InChI=1S/C24H42O4/c1-5-9-13-19(7-3)17-23(21(25)26)15-11-12-16-24(23,22(27)28)18-20(8-4)14-10-6-2/h11,15,19-20H,5-10,12-14,16-18H2,1-4H3,(H,25,26)(H,27,28)/p-2. The van der Waals surface area contributed by atoms with Crippen LogP contribution >= 0.6 is 0 Å². The molecule has 0 amide bonds. The summed E-state index contributed by atoms with van der Waals surface area (Å²) < 4.78 is 0. The predicted octanol–water partition coefficient (Wildman–Crippen LogP) is 4.02. The van der Waals surface area contributed by atoms with Gasteiger partial charge >= 0.3 is 0 Å². The van der Waals surface area contributed by atoms with E-state index < -0.39 is 22.8 Å². The molecule has 4 nitrogen and oxygen atoms in total. The second-order valence-electron chi connectivity index (χ2n) is 8.81. The Kier molecular flexibility index (Phi) is 10.3. The second kappa shape index (κ2) is 11.6. The summed E-state index contributed by atoms with van der Waals surface area (Å²) in [5.74, 6) is -2.08. The summed E-state index contributed by atoms with van der Waals surface area (Å²) in [6.45, 7) is 8.37. The van der Waals surface area contributed by atoms with Crippen LogP contribution in [0.2, 0.25) is 0 Å². The third kappa shape index (κ3) is 5.39. The topological polar surface area (TPSA) is 80.3 Å². The first-order valence-electron chi connectivity index (χ1n) is 11.4. The van der Waals surface area contributed by atoms with E-state index in [1.807, 2.05) is 6.08 Å². The zero-order valence-electron chi connectivity index (χ0n) is 18.4. The SMILES string of the molecule is CCCCC(CC)CC1(C(=O)[O-])C=CCCC1(CC(CC)CCCC)C(=O)[O-]. The smallest absolute Gasteiger partial charge is 0.0523 e. The van der Waals surface area contributed by atoms with Crippen LogP contribution in [0.15, 0.2) is 12.2 Å². The molecular weight excluding hydrogens is 352 g/mol. The van der Waals surface area contributed by atoms with E-state index in [0.29, 0.717) is 25.7 Å². The number of carbonyl (C=O) groups is 2. The molecule has 0 aromatic rings. The van der Waals surface area contributed by atoms with E-state index in [2.05, 4.69) is 27.7 Å². The fourth-order valence-corrected chi connectivity index (χ4v) is 5.09. The van der Waals surface area contributed by atoms with Gasteiger partial charge in [-0.1, -0.05) is 91.2 Å². The molecule has 0 saturated carbocycles. The van der Waals surface area contributed by atoms with Crippen LogP contribution in [0, 0.1) is 22.7 Å². The maximum Gasteiger partial charge on any atom is 0.0523 e. The first kappa shape index (κ1) is 24.7. The molecule has 4 atom stereocenters. The molecule has 0 aliphatic heterocycles. The van der Waals surface area contributed by atoms with Crippen LogP contribution in [0.25, 0.3) is 0 Å². The van der Waals surface area contributed by atoms with Gasteiger partial charge in [0.1, 0.15) is 0 Å². The highest BCUT2D eigenvalue weighted by molar-refractivity contribution is 5.87. The van der Waals surface area contributed by atoms with Gasteiger partial charge in [0, 0.05) is 16.8 Å². The number of hydrogen-bond donors (Lipinski definition) is 0. The molecule has 0 spiro atoms. The quantitative estimate of drug-likeness (QED) is 0.418. The summed E-state index contributed by atoms with van der Waals surface area (Å²) in [4.78, 5) is 25.1. The molecule has 0 heterocycles. The molecule has 4 unspecified atom stereocenters. The van der Waals surface area contributed by atoms with Crippen LogP contribution in [0.1, 0.15) is 105 Å². The minimum absolute atomic E-state index is 0.176. The maximum absolute atomic E-state index is 12.6. The normalized spacial score (nSPS) is 26.7. The van der Waals surface area contributed by atoms with Gasteiger partial charge in [-0.15, -0.1) is 0 Å². The van der Waals surface area contributed by atoms with Gasteiger partial charge in [0.2, 0.25) is 0 Å². The van der Waals surface area contributed by atoms with Crippen LogP contribution in [-0.2, 0) is 9.59 Å². The molecule has 1 rings (SSSR count). The van der Waals surface area contributed by atoms with Gasteiger partial charge in [-0.25, -0.2) is 0 Å². The lowest BCUT2D eigenvalue weighted by Crippen LogP contribution is -2.62. The molecule has 162 valence electrons. The van der Waals surface area contributed by atoms with Crippen molar-refractivity contribution in [3.63, 3.8) is 0 Å². The average Bonchev–Trinajstić information content (AvgIpc) is 2.68. The van der Waals surface area contributed by atoms with Crippen molar-refractivity contribution in [2.75, 3.05) is 0 Å². The summed E-state index contributed by atoms with van der Waals surface area (Å²) in [6, 6.07) is 0. The lowest BCUT2D eigenvalue weighted by Gasteiger charge is -2.55. The molecule has 0 aromatic carbocycles. The maximum atomic E-state index is 12.6. The van der Waals surface area contributed by atoms with Gasteiger partial charge in [-0.2, -0.15) is 0 Å². The molecule has 0 radical (unpaired) electrons. The lowest BCUT2D eigenvalue weighted by molar-refractivity contribution is -0.345. The Morgan fingerprint density at radius 2 is 1.43 bits per heavy atom. The number of aliphatic carboxylic acids is 2. The number of carboxylic acids is 2. The zero-order valence-corrected chi connectivity index (χ0v) is 18.4. The number of allylic oxidation sites excluding steroid dienone is 1. The van der Waals surface area contributed by atoms with E-state index >= 15 is 0 Å². The molecule has 28 heavy (non-hydrogen) atoms. The molecule has 1 aliphatic carbocycles. The van der Waals surface area contributed by atoms with Crippen LogP contribution < -0.4 is 10.2 Å². The van der Waals surface area contributed by atoms with E-state index in [0.717, 1.165) is 51.4 Å². The molecular formula is C24H40O4-2. The van der Waals surface area contributed by atoms with E-state index in [-0.39, 0.29) is 11.8 Å². The Morgan fingerprint density at radius 3 is 1.86 bits per heavy atom. The van der Waals surface area contributed by atoms with Crippen molar-refractivity contribution in [1.29, 1.82) is 0 Å². The number of carboxylic acid groups (broad SMARTS) is 2. The van der Waals surface area contributed by atoms with Crippen molar-refractivity contribution in [3.8, 4) is 0 Å². The molecule has 0 N–H and O–H groups in total. The van der Waals surface area contributed by atoms with Gasteiger partial charge in [0.05, 0.1) is 5.97 Å². The Balaban J connectivity index is 3.36. The van der Waals surface area contributed by atoms with Crippen molar-refractivity contribution < 1.29 is 19.8 Å². The second-order valence-corrected chi connectivity index (χ2v) is 8.81. The van der Waals surface area contributed by atoms with E-state index in [4.69, 9.17) is 0 Å². The number of hydrogen-bond acceptors (Lipinski definition) is 4. The fraction of sp³-hybridized carbons (Fsp3) is 0.833. The van der Waals surface area contributed by atoms with Crippen LogP contribution in [-0.4, -0.2) is 11.9 Å². The molecule has 1 aliphatic rings. The summed E-state index contributed by atoms with van der Waals surface area (Å²) in [5.41, 5.74) is -2.85. The summed E-state index contributed by atoms with van der Waals surface area (Å²) in [7, 11) is 0. The van der Waals surface area contributed by atoms with Crippen molar-refractivity contribution in [1.82, 2.24) is 0 Å². The van der Waals surface area contributed by atoms with E-state index in [1.165, 1.54) is 0 Å². The molecule has 0 aromatic heterocycles. The fourth-order valence-electron chi connectivity index (χ4n) is 5.09. The third-order valence-corrected chi connectivity index (χ3v) is 7.08. The minimum atomic E-state index is -1.47. The van der Waals surface area contributed by atoms with Gasteiger partial charge in [0.25, 0.3) is 0 Å². The van der Waals surface area contributed by atoms with Crippen molar-refractivity contribution in [3.05, 3.63) is 12.2 Å². The first-order valence-corrected chi connectivity index (χ1v) is 11.4. The third-order valence-electron chi connectivity index (χ3n) is 7.08. The monoisotopic (exact) mass is 392 g/mol. The van der Waals surface area contributed by atoms with Gasteiger partial charge in [-0.3, -0.25) is 0 Å². The van der Waals surface area contributed by atoms with Gasteiger partial charge < -0.3 is 19.8 Å². The van der Waals surface area contributed by atoms with Gasteiger partial charge in [-0.05, 0) is 37.5 Å². The van der Waals surface area contributed by atoms with E-state index in [9.17, 15) is 19.8 Å². The Labute approximate surface area is 171 Å². The highest BCUT2D eigenvalue weighted by Gasteiger charge is 2.54. The van der Waals surface area contributed by atoms with Crippen molar-refractivity contribution >= 4 is 11.9 Å². The molecule has 0 saturated heterocycles. The Hall–Kier alpha value is -1.32. The summed E-state index contributed by atoms with van der Waals surface area (Å²) in [6.07, 6.45) is 12.8. The predicted molar refractivity (Wildman–Crippen MR) is 109 cm³/mol. The number of unbranched alkanes of at least 4 members (excludes halogenated alkanes) is 2. The summed E-state index contributed by atoms with van der Waals surface area (Å²) >= 11 is 0. The highest BCUT2D eigenvalue weighted by Crippen LogP contribution is 2.55. The van der Waals surface area contributed by atoms with Crippen LogP contribution in [0.5, 0.6) is 0 Å². The highest BCUT2D eigenvalue weighted by atomic mass is 16.4. The molecule has 0 fully saturated rings. The number of carbonyl (C=O) groups excluding carboxylic acids is 2. The number of rotatable bonds is 14. The minimum Gasteiger partial charge on any atom is -0.550 e. The van der Waals surface area contributed by atoms with Crippen LogP contribution in [0.4, 0.5) is 0 Å². The summed E-state index contributed by atoms with van der Waals surface area (Å²) in [5, 5.41) is 25.1.